The van der Waals surface area contributed by atoms with Crippen LogP contribution in [0.3, 0.4) is 0 Å². The van der Waals surface area contributed by atoms with Gasteiger partial charge in [0, 0.05) is 30.9 Å². The Morgan fingerprint density at radius 3 is 2.50 bits per heavy atom. The first-order valence-corrected chi connectivity index (χ1v) is 6.81. The molecule has 1 unspecified atom stereocenters. The molecule has 1 aromatic rings. The molecular weight excluding hydrogens is 259 g/mol. The Hall–Kier alpha value is -0.885. The van der Waals surface area contributed by atoms with Gasteiger partial charge in [-0.3, -0.25) is 5.10 Å². The quantitative estimate of drug-likeness (QED) is 0.757. The molecule has 0 spiro atoms. The molecule has 1 aliphatic rings. The van der Waals surface area contributed by atoms with Crippen LogP contribution in [0.25, 0.3) is 0 Å². The molecule has 1 saturated heterocycles. The van der Waals surface area contributed by atoms with Crippen LogP contribution < -0.4 is 5.46 Å². The second kappa shape index (κ2) is 5.48. The highest BCUT2D eigenvalue weighted by atomic mass is 16.7. The lowest BCUT2D eigenvalue weighted by Crippen LogP contribution is -2.41. The van der Waals surface area contributed by atoms with Crippen LogP contribution in [0.15, 0.2) is 6.20 Å². The van der Waals surface area contributed by atoms with Crippen LogP contribution in [0, 0.1) is 0 Å². The first-order chi connectivity index (χ1) is 9.27. The summed E-state index contributed by atoms with van der Waals surface area (Å²) in [5.41, 5.74) is 0.862. The van der Waals surface area contributed by atoms with E-state index in [1.165, 1.54) is 0 Å². The highest BCUT2D eigenvalue weighted by Crippen LogP contribution is 2.36. The van der Waals surface area contributed by atoms with Crippen molar-refractivity contribution in [1.29, 1.82) is 0 Å². The van der Waals surface area contributed by atoms with Crippen LogP contribution in [0.5, 0.6) is 0 Å². The second-order valence-electron chi connectivity index (χ2n) is 6.21. The number of rotatable bonds is 5. The van der Waals surface area contributed by atoms with Crippen LogP contribution in [-0.4, -0.2) is 53.4 Å². The zero-order chi connectivity index (χ0) is 15.0. The van der Waals surface area contributed by atoms with E-state index < -0.39 is 24.4 Å². The van der Waals surface area contributed by atoms with Gasteiger partial charge in [0.15, 0.2) is 0 Å². The van der Waals surface area contributed by atoms with Gasteiger partial charge in [-0.2, -0.15) is 5.10 Å². The predicted octanol–water partition coefficient (Wildman–Crippen LogP) is 0.259. The number of ether oxygens (including phenoxy) is 1. The number of aliphatic hydroxyl groups is 1. The number of H-pyrrole nitrogens is 1. The highest BCUT2D eigenvalue weighted by molar-refractivity contribution is 6.62. The monoisotopic (exact) mass is 282 g/mol. The van der Waals surface area contributed by atoms with Gasteiger partial charge in [-0.25, -0.2) is 0 Å². The van der Waals surface area contributed by atoms with Crippen molar-refractivity contribution >= 4 is 12.6 Å². The SMILES string of the molecule is COCC(O)Cc1[nH]ncc1B1OC(C)(C)C(C)(C)O1. The van der Waals surface area contributed by atoms with Crippen LogP contribution in [0.2, 0.25) is 0 Å². The summed E-state index contributed by atoms with van der Waals surface area (Å²) in [6.07, 6.45) is 1.53. The fourth-order valence-electron chi connectivity index (χ4n) is 2.15. The van der Waals surface area contributed by atoms with Gasteiger partial charge in [-0.05, 0) is 27.7 Å². The van der Waals surface area contributed by atoms with Gasteiger partial charge in [0.1, 0.15) is 0 Å². The van der Waals surface area contributed by atoms with Crippen molar-refractivity contribution in [3.05, 3.63) is 11.9 Å². The number of nitrogens with one attached hydrogen (secondary N) is 1. The lowest BCUT2D eigenvalue weighted by Gasteiger charge is -2.32. The Morgan fingerprint density at radius 2 is 1.95 bits per heavy atom. The van der Waals surface area contributed by atoms with Crippen LogP contribution in [-0.2, 0) is 20.5 Å². The van der Waals surface area contributed by atoms with Crippen molar-refractivity contribution in [1.82, 2.24) is 10.2 Å². The van der Waals surface area contributed by atoms with Crippen molar-refractivity contribution in [2.24, 2.45) is 0 Å². The molecule has 20 heavy (non-hydrogen) atoms. The molecule has 2 rings (SSSR count). The third-order valence-corrected chi connectivity index (χ3v) is 4.06. The molecule has 0 radical (unpaired) electrons. The third kappa shape index (κ3) is 2.91. The van der Waals surface area contributed by atoms with Gasteiger partial charge < -0.3 is 19.2 Å². The molecule has 2 heterocycles. The lowest BCUT2D eigenvalue weighted by molar-refractivity contribution is 0.00578. The van der Waals surface area contributed by atoms with E-state index in [2.05, 4.69) is 10.2 Å². The number of methoxy groups -OCH3 is 1. The molecule has 0 bridgehead atoms. The van der Waals surface area contributed by atoms with Crippen molar-refractivity contribution in [3.63, 3.8) is 0 Å². The Bertz CT molecular complexity index is 445. The fraction of sp³-hybridized carbons (Fsp3) is 0.769. The van der Waals surface area contributed by atoms with Gasteiger partial charge in [0.2, 0.25) is 0 Å². The van der Waals surface area contributed by atoms with E-state index in [0.29, 0.717) is 6.42 Å². The third-order valence-electron chi connectivity index (χ3n) is 4.06. The minimum Gasteiger partial charge on any atom is -0.399 e. The number of aliphatic hydroxyl groups excluding tert-OH is 1. The summed E-state index contributed by atoms with van der Waals surface area (Å²) < 4.78 is 16.9. The molecule has 2 N–H and O–H groups in total. The molecule has 0 aromatic carbocycles. The van der Waals surface area contributed by atoms with E-state index in [1.807, 2.05) is 27.7 Å². The van der Waals surface area contributed by atoms with Crippen molar-refractivity contribution in [3.8, 4) is 0 Å². The Labute approximate surface area is 119 Å². The highest BCUT2D eigenvalue weighted by Gasteiger charge is 2.52. The molecule has 1 atom stereocenters. The predicted molar refractivity (Wildman–Crippen MR) is 75.9 cm³/mol. The van der Waals surface area contributed by atoms with E-state index in [1.54, 1.807) is 13.3 Å². The Kier molecular flexibility index (Phi) is 4.25. The topological polar surface area (TPSA) is 76.6 Å². The van der Waals surface area contributed by atoms with Gasteiger partial charge in [0.05, 0.1) is 23.9 Å². The number of aromatic amines is 1. The molecule has 1 fully saturated rings. The summed E-state index contributed by atoms with van der Waals surface area (Å²) in [4.78, 5) is 0. The van der Waals surface area contributed by atoms with E-state index in [4.69, 9.17) is 14.0 Å². The van der Waals surface area contributed by atoms with Gasteiger partial charge in [0.25, 0.3) is 0 Å². The lowest BCUT2D eigenvalue weighted by atomic mass is 9.78. The second-order valence-corrected chi connectivity index (χ2v) is 6.21. The number of aromatic nitrogens is 2. The normalized spacial score (nSPS) is 22.2. The van der Waals surface area contributed by atoms with E-state index in [-0.39, 0.29) is 6.61 Å². The summed E-state index contributed by atoms with van der Waals surface area (Å²) >= 11 is 0. The average Bonchev–Trinajstić information content (AvgIpc) is 2.82. The molecule has 1 aromatic heterocycles. The molecule has 7 heteroatoms. The number of hydrogen-bond acceptors (Lipinski definition) is 5. The minimum absolute atomic E-state index is 0.280. The smallest absolute Gasteiger partial charge is 0.399 e. The zero-order valence-corrected chi connectivity index (χ0v) is 12.8. The van der Waals surface area contributed by atoms with Gasteiger partial charge >= 0.3 is 7.12 Å². The van der Waals surface area contributed by atoms with Crippen LogP contribution >= 0.6 is 0 Å². The average molecular weight is 282 g/mol. The summed E-state index contributed by atoms with van der Waals surface area (Å²) in [5, 5.41) is 16.8. The molecule has 0 amide bonds. The zero-order valence-electron chi connectivity index (χ0n) is 12.8. The Balaban J connectivity index is 2.14. The molecule has 0 saturated carbocycles. The minimum atomic E-state index is -0.582. The van der Waals surface area contributed by atoms with Crippen molar-refractivity contribution < 1.29 is 19.2 Å². The first-order valence-electron chi connectivity index (χ1n) is 6.81. The van der Waals surface area contributed by atoms with E-state index >= 15 is 0 Å². The molecule has 0 aliphatic carbocycles. The van der Waals surface area contributed by atoms with Crippen LogP contribution in [0.1, 0.15) is 33.4 Å². The van der Waals surface area contributed by atoms with Crippen molar-refractivity contribution in [2.45, 2.75) is 51.4 Å². The van der Waals surface area contributed by atoms with Gasteiger partial charge in [-0.15, -0.1) is 0 Å². The standard InChI is InChI=1S/C13H23BN2O4/c1-12(2)13(3,4)20-14(19-12)10-7-15-16-11(10)6-9(17)8-18-5/h7,9,17H,6,8H2,1-5H3,(H,15,16). The maximum Gasteiger partial charge on any atom is 0.498 e. The maximum atomic E-state index is 9.84. The maximum absolute atomic E-state index is 9.84. The fourth-order valence-corrected chi connectivity index (χ4v) is 2.15. The summed E-state index contributed by atoms with van der Waals surface area (Å²) in [6.45, 7) is 8.31. The first kappa shape index (κ1) is 15.5. The van der Waals surface area contributed by atoms with Gasteiger partial charge in [-0.1, -0.05) is 0 Å². The summed E-state index contributed by atoms with van der Waals surface area (Å²) in [5.74, 6) is 0. The van der Waals surface area contributed by atoms with E-state index in [9.17, 15) is 5.11 Å². The molecular formula is C13H23BN2O4. The molecule has 112 valence electrons. The van der Waals surface area contributed by atoms with Crippen LogP contribution in [0.4, 0.5) is 0 Å². The largest absolute Gasteiger partial charge is 0.498 e. The number of nitrogens with zero attached hydrogens (tertiary/aromatic N) is 1. The summed E-state index contributed by atoms with van der Waals surface area (Å²) in [7, 11) is 1.09. The van der Waals surface area contributed by atoms with E-state index in [0.717, 1.165) is 11.2 Å². The van der Waals surface area contributed by atoms with Crippen molar-refractivity contribution in [2.75, 3.05) is 13.7 Å². The Morgan fingerprint density at radius 1 is 1.35 bits per heavy atom. The molecule has 6 nitrogen and oxygen atoms in total. The summed E-state index contributed by atoms with van der Waals surface area (Å²) in [6, 6.07) is 0. The number of hydrogen-bond donors (Lipinski definition) is 2. The molecule has 1 aliphatic heterocycles.